The van der Waals surface area contributed by atoms with Gasteiger partial charge >= 0.3 is 0 Å². The molecule has 0 radical (unpaired) electrons. The molecule has 0 spiro atoms. The Balaban J connectivity index is 2.82. The zero-order chi connectivity index (χ0) is 16.0. The molecule has 0 aliphatic carbocycles. The summed E-state index contributed by atoms with van der Waals surface area (Å²) in [4.78, 5) is 0.353. The molecule has 0 aliphatic heterocycles. The molecule has 1 rings (SSSR count). The molecule has 0 bridgehead atoms. The average Bonchev–Trinajstić information content (AvgIpc) is 2.80. The van der Waals surface area contributed by atoms with Crippen LogP contribution in [0.1, 0.15) is 46.2 Å². The van der Waals surface area contributed by atoms with Crippen LogP contribution in [0.2, 0.25) is 0 Å². The van der Waals surface area contributed by atoms with Crippen molar-refractivity contribution in [1.82, 2.24) is 14.6 Å². The number of aromatic nitrogens is 1. The summed E-state index contributed by atoms with van der Waals surface area (Å²) < 4.78 is 29.6. The van der Waals surface area contributed by atoms with Crippen molar-refractivity contribution in [2.24, 2.45) is 5.92 Å². The third-order valence-electron chi connectivity index (χ3n) is 3.50. The van der Waals surface area contributed by atoms with E-state index in [2.05, 4.69) is 23.9 Å². The zero-order valence-corrected chi connectivity index (χ0v) is 14.6. The van der Waals surface area contributed by atoms with Crippen molar-refractivity contribution in [3.05, 3.63) is 18.0 Å². The van der Waals surface area contributed by atoms with Gasteiger partial charge in [-0.3, -0.25) is 0 Å². The molecule has 1 aromatic rings. The van der Waals surface area contributed by atoms with Gasteiger partial charge < -0.3 is 9.88 Å². The van der Waals surface area contributed by atoms with Gasteiger partial charge in [0.2, 0.25) is 10.0 Å². The number of hydrogen-bond acceptors (Lipinski definition) is 3. The minimum atomic E-state index is -3.44. The standard InChI is InChI=1S/C15H29N3O2S/c1-6-18-11-15(9-14(18)10-16-5)21(19,20)17-13(4)8-7-12(2)3/h9,11-13,16-17H,6-8,10H2,1-5H3. The van der Waals surface area contributed by atoms with Crippen LogP contribution in [-0.2, 0) is 23.1 Å². The fourth-order valence-electron chi connectivity index (χ4n) is 2.27. The number of sulfonamides is 1. The molecule has 0 aromatic carbocycles. The lowest BCUT2D eigenvalue weighted by Crippen LogP contribution is -2.32. The van der Waals surface area contributed by atoms with Crippen molar-refractivity contribution in [1.29, 1.82) is 0 Å². The van der Waals surface area contributed by atoms with Crippen LogP contribution in [-0.4, -0.2) is 26.1 Å². The van der Waals surface area contributed by atoms with E-state index in [1.54, 1.807) is 12.3 Å². The molecule has 122 valence electrons. The van der Waals surface area contributed by atoms with Gasteiger partial charge in [0, 0.05) is 31.0 Å². The summed E-state index contributed by atoms with van der Waals surface area (Å²) in [6.45, 7) is 9.64. The molecular weight excluding hydrogens is 286 g/mol. The van der Waals surface area contributed by atoms with Crippen LogP contribution in [0.25, 0.3) is 0 Å². The summed E-state index contributed by atoms with van der Waals surface area (Å²) >= 11 is 0. The molecule has 6 heteroatoms. The van der Waals surface area contributed by atoms with Crippen LogP contribution >= 0.6 is 0 Å². The highest BCUT2D eigenvalue weighted by Crippen LogP contribution is 2.16. The Hall–Kier alpha value is -0.850. The molecule has 1 heterocycles. The van der Waals surface area contributed by atoms with Crippen LogP contribution < -0.4 is 10.0 Å². The van der Waals surface area contributed by atoms with Crippen LogP contribution in [0.5, 0.6) is 0 Å². The molecule has 2 N–H and O–H groups in total. The third kappa shape index (κ3) is 5.45. The van der Waals surface area contributed by atoms with Crippen molar-refractivity contribution in [3.8, 4) is 0 Å². The van der Waals surface area contributed by atoms with Gasteiger partial charge in [0.05, 0.1) is 4.90 Å². The van der Waals surface area contributed by atoms with Gasteiger partial charge in [-0.05, 0) is 45.7 Å². The van der Waals surface area contributed by atoms with E-state index in [9.17, 15) is 8.42 Å². The van der Waals surface area contributed by atoms with E-state index in [0.29, 0.717) is 17.4 Å². The van der Waals surface area contributed by atoms with Gasteiger partial charge in [0.25, 0.3) is 0 Å². The number of nitrogens with one attached hydrogen (secondary N) is 2. The van der Waals surface area contributed by atoms with Gasteiger partial charge in [0.15, 0.2) is 0 Å². The Labute approximate surface area is 129 Å². The van der Waals surface area contributed by atoms with E-state index < -0.39 is 10.0 Å². The minimum Gasteiger partial charge on any atom is -0.349 e. The van der Waals surface area contributed by atoms with E-state index in [1.165, 1.54) is 0 Å². The molecule has 1 unspecified atom stereocenters. The van der Waals surface area contributed by atoms with E-state index in [1.807, 2.05) is 25.5 Å². The summed E-state index contributed by atoms with van der Waals surface area (Å²) in [7, 11) is -1.58. The molecule has 0 amide bonds. The molecular formula is C15H29N3O2S. The molecule has 0 saturated carbocycles. The summed E-state index contributed by atoms with van der Waals surface area (Å²) in [5.41, 5.74) is 0.982. The average molecular weight is 315 g/mol. The van der Waals surface area contributed by atoms with Crippen LogP contribution in [0.3, 0.4) is 0 Å². The maximum Gasteiger partial charge on any atom is 0.242 e. The highest BCUT2D eigenvalue weighted by Gasteiger charge is 2.20. The first-order chi connectivity index (χ1) is 9.80. The van der Waals surface area contributed by atoms with E-state index in [-0.39, 0.29) is 6.04 Å². The molecule has 0 aliphatic rings. The van der Waals surface area contributed by atoms with Crippen molar-refractivity contribution in [3.63, 3.8) is 0 Å². The SMILES string of the molecule is CCn1cc(S(=O)(=O)NC(C)CCC(C)C)cc1CNC. The normalized spacial score (nSPS) is 13.8. The molecule has 1 atom stereocenters. The minimum absolute atomic E-state index is 0.0462. The van der Waals surface area contributed by atoms with Crippen molar-refractivity contribution >= 4 is 10.0 Å². The third-order valence-corrected chi connectivity index (χ3v) is 5.06. The second-order valence-corrected chi connectivity index (χ2v) is 7.69. The zero-order valence-electron chi connectivity index (χ0n) is 13.8. The monoisotopic (exact) mass is 315 g/mol. The topological polar surface area (TPSA) is 63.1 Å². The van der Waals surface area contributed by atoms with E-state index in [4.69, 9.17) is 0 Å². The largest absolute Gasteiger partial charge is 0.349 e. The van der Waals surface area contributed by atoms with Crippen LogP contribution in [0.15, 0.2) is 17.2 Å². The summed E-state index contributed by atoms with van der Waals surface area (Å²) in [6, 6.07) is 1.70. The Morgan fingerprint density at radius 1 is 1.24 bits per heavy atom. The van der Waals surface area contributed by atoms with Crippen molar-refractivity contribution < 1.29 is 8.42 Å². The predicted octanol–water partition coefficient (Wildman–Crippen LogP) is 2.33. The van der Waals surface area contributed by atoms with Crippen LogP contribution in [0.4, 0.5) is 0 Å². The van der Waals surface area contributed by atoms with Gasteiger partial charge in [-0.2, -0.15) is 0 Å². The number of hydrogen-bond donors (Lipinski definition) is 2. The highest BCUT2D eigenvalue weighted by atomic mass is 32.2. The fraction of sp³-hybridized carbons (Fsp3) is 0.733. The Kier molecular flexibility index (Phi) is 6.90. The van der Waals surface area contributed by atoms with Gasteiger partial charge in [-0.25, -0.2) is 13.1 Å². The second kappa shape index (κ2) is 7.96. The number of aryl methyl sites for hydroxylation is 1. The summed E-state index contributed by atoms with van der Waals surface area (Å²) in [5.74, 6) is 0.584. The Morgan fingerprint density at radius 3 is 2.43 bits per heavy atom. The quantitative estimate of drug-likeness (QED) is 0.735. The van der Waals surface area contributed by atoms with E-state index >= 15 is 0 Å². The fourth-order valence-corrected chi connectivity index (χ4v) is 3.61. The predicted molar refractivity (Wildman–Crippen MR) is 86.7 cm³/mol. The number of rotatable bonds is 9. The Bertz CT molecular complexity index is 535. The summed E-state index contributed by atoms with van der Waals surface area (Å²) in [5, 5.41) is 3.06. The first-order valence-electron chi connectivity index (χ1n) is 7.66. The van der Waals surface area contributed by atoms with Crippen LogP contribution in [0, 0.1) is 5.92 Å². The summed E-state index contributed by atoms with van der Waals surface area (Å²) in [6.07, 6.45) is 3.59. The molecule has 5 nitrogen and oxygen atoms in total. The lowest BCUT2D eigenvalue weighted by molar-refractivity contribution is 0.485. The van der Waals surface area contributed by atoms with Crippen molar-refractivity contribution in [2.45, 2.75) is 64.6 Å². The van der Waals surface area contributed by atoms with E-state index in [0.717, 1.165) is 25.1 Å². The lowest BCUT2D eigenvalue weighted by atomic mass is 10.1. The maximum atomic E-state index is 12.4. The van der Waals surface area contributed by atoms with Gasteiger partial charge in [0.1, 0.15) is 0 Å². The molecule has 0 fully saturated rings. The first-order valence-corrected chi connectivity index (χ1v) is 9.14. The smallest absolute Gasteiger partial charge is 0.242 e. The Morgan fingerprint density at radius 2 is 1.90 bits per heavy atom. The molecule has 1 aromatic heterocycles. The van der Waals surface area contributed by atoms with Crippen molar-refractivity contribution in [2.75, 3.05) is 7.05 Å². The number of nitrogens with zero attached hydrogens (tertiary/aromatic N) is 1. The van der Waals surface area contributed by atoms with Gasteiger partial charge in [-0.1, -0.05) is 13.8 Å². The molecule has 21 heavy (non-hydrogen) atoms. The lowest BCUT2D eigenvalue weighted by Gasteiger charge is -2.14. The highest BCUT2D eigenvalue weighted by molar-refractivity contribution is 7.89. The molecule has 0 saturated heterocycles. The second-order valence-electron chi connectivity index (χ2n) is 5.98. The first kappa shape index (κ1) is 18.2. The van der Waals surface area contributed by atoms with Gasteiger partial charge in [-0.15, -0.1) is 0 Å². The maximum absolute atomic E-state index is 12.4.